The first kappa shape index (κ1) is 14.1. The molecule has 1 aromatic heterocycles. The molecular weight excluding hydrogens is 259 g/mol. The lowest BCUT2D eigenvalue weighted by atomic mass is 10.1. The fourth-order valence-electron chi connectivity index (χ4n) is 1.79. The minimum Gasteiger partial charge on any atom is -0.391 e. The summed E-state index contributed by atoms with van der Waals surface area (Å²) in [6, 6.07) is 13.5. The largest absolute Gasteiger partial charge is 0.391 e. The zero-order chi connectivity index (χ0) is 14.4. The molecule has 0 saturated heterocycles. The Kier molecular flexibility index (Phi) is 4.79. The third-order valence-corrected chi connectivity index (χ3v) is 2.76. The number of carbonyl (C=O) groups excluding carboxylic acids is 1. The van der Waals surface area contributed by atoms with Crippen LogP contribution in [0, 0.1) is 5.95 Å². The third kappa shape index (κ3) is 4.13. The molecule has 1 atom stereocenters. The van der Waals surface area contributed by atoms with Crippen LogP contribution in [-0.2, 0) is 6.42 Å². The molecule has 0 bridgehead atoms. The van der Waals surface area contributed by atoms with E-state index in [0.29, 0.717) is 6.42 Å². The molecule has 0 radical (unpaired) electrons. The van der Waals surface area contributed by atoms with E-state index in [4.69, 9.17) is 0 Å². The summed E-state index contributed by atoms with van der Waals surface area (Å²) in [6.45, 7) is 0.0892. The first-order valence-corrected chi connectivity index (χ1v) is 6.28. The van der Waals surface area contributed by atoms with Crippen LogP contribution >= 0.6 is 0 Å². The van der Waals surface area contributed by atoms with Gasteiger partial charge in [-0.25, -0.2) is 4.98 Å². The lowest BCUT2D eigenvalue weighted by molar-refractivity contribution is 0.0910. The Balaban J connectivity index is 1.84. The number of nitrogens with one attached hydrogen (secondary N) is 1. The van der Waals surface area contributed by atoms with Crippen molar-refractivity contribution in [1.82, 2.24) is 10.3 Å². The van der Waals surface area contributed by atoms with Crippen molar-refractivity contribution in [2.24, 2.45) is 0 Å². The number of amides is 1. The van der Waals surface area contributed by atoms with Crippen LogP contribution in [0.4, 0.5) is 4.39 Å². The molecule has 1 heterocycles. The van der Waals surface area contributed by atoms with Crippen molar-refractivity contribution < 1.29 is 14.3 Å². The highest BCUT2D eigenvalue weighted by Gasteiger charge is 2.11. The number of nitrogens with zero attached hydrogens (tertiary/aromatic N) is 1. The molecule has 4 nitrogen and oxygen atoms in total. The van der Waals surface area contributed by atoms with Crippen LogP contribution in [0.15, 0.2) is 48.5 Å². The molecule has 1 unspecified atom stereocenters. The summed E-state index contributed by atoms with van der Waals surface area (Å²) >= 11 is 0. The Bertz CT molecular complexity index is 575. The van der Waals surface area contributed by atoms with Gasteiger partial charge in [-0.2, -0.15) is 4.39 Å². The van der Waals surface area contributed by atoms with E-state index < -0.39 is 18.0 Å². The summed E-state index contributed by atoms with van der Waals surface area (Å²) < 4.78 is 12.9. The number of hydrogen-bond donors (Lipinski definition) is 2. The topological polar surface area (TPSA) is 62.2 Å². The maximum Gasteiger partial charge on any atom is 0.270 e. The lowest BCUT2D eigenvalue weighted by Crippen LogP contribution is -2.33. The zero-order valence-electron chi connectivity index (χ0n) is 10.8. The Labute approximate surface area is 116 Å². The zero-order valence-corrected chi connectivity index (χ0v) is 10.8. The van der Waals surface area contributed by atoms with Gasteiger partial charge in [0, 0.05) is 13.0 Å². The summed E-state index contributed by atoms with van der Waals surface area (Å²) in [5.41, 5.74) is 0.982. The number of hydrogen-bond acceptors (Lipinski definition) is 3. The summed E-state index contributed by atoms with van der Waals surface area (Å²) in [5.74, 6) is -1.21. The van der Waals surface area contributed by atoms with E-state index in [1.54, 1.807) is 0 Å². The van der Waals surface area contributed by atoms with E-state index in [1.807, 2.05) is 30.3 Å². The highest BCUT2D eigenvalue weighted by Crippen LogP contribution is 2.03. The number of aromatic nitrogens is 1. The average molecular weight is 274 g/mol. The van der Waals surface area contributed by atoms with Crippen molar-refractivity contribution in [2.75, 3.05) is 6.54 Å². The smallest absolute Gasteiger partial charge is 0.270 e. The third-order valence-electron chi connectivity index (χ3n) is 2.76. The molecule has 2 aromatic rings. The second-order valence-corrected chi connectivity index (χ2v) is 4.40. The van der Waals surface area contributed by atoms with Gasteiger partial charge in [-0.15, -0.1) is 0 Å². The van der Waals surface area contributed by atoms with Crippen molar-refractivity contribution in [3.63, 3.8) is 0 Å². The summed E-state index contributed by atoms with van der Waals surface area (Å²) in [6.07, 6.45) is -0.257. The summed E-state index contributed by atoms with van der Waals surface area (Å²) in [5, 5.41) is 12.4. The van der Waals surface area contributed by atoms with E-state index >= 15 is 0 Å². The predicted octanol–water partition coefficient (Wildman–Crippen LogP) is 1.55. The Morgan fingerprint density at radius 2 is 1.95 bits per heavy atom. The van der Waals surface area contributed by atoms with Gasteiger partial charge >= 0.3 is 0 Å². The molecule has 0 aliphatic rings. The van der Waals surface area contributed by atoms with E-state index in [2.05, 4.69) is 10.3 Å². The molecule has 0 fully saturated rings. The Morgan fingerprint density at radius 1 is 1.20 bits per heavy atom. The molecule has 1 aromatic carbocycles. The van der Waals surface area contributed by atoms with Gasteiger partial charge in [-0.3, -0.25) is 4.79 Å². The summed E-state index contributed by atoms with van der Waals surface area (Å²) in [7, 11) is 0. The van der Waals surface area contributed by atoms with Gasteiger partial charge in [0.05, 0.1) is 6.10 Å². The quantitative estimate of drug-likeness (QED) is 0.813. The van der Waals surface area contributed by atoms with Crippen molar-refractivity contribution in [1.29, 1.82) is 0 Å². The van der Waals surface area contributed by atoms with Crippen LogP contribution < -0.4 is 5.32 Å². The van der Waals surface area contributed by atoms with Gasteiger partial charge < -0.3 is 10.4 Å². The molecule has 1 amide bonds. The second kappa shape index (κ2) is 6.77. The van der Waals surface area contributed by atoms with Gasteiger partial charge in [0.25, 0.3) is 5.91 Å². The SMILES string of the molecule is O=C(NCC(O)Cc1ccccc1)c1cccc(F)n1. The normalized spacial score (nSPS) is 11.9. The Hall–Kier alpha value is -2.27. The highest BCUT2D eigenvalue weighted by molar-refractivity contribution is 5.92. The van der Waals surface area contributed by atoms with Gasteiger partial charge in [0.2, 0.25) is 5.95 Å². The first-order valence-electron chi connectivity index (χ1n) is 6.28. The molecule has 5 heteroatoms. The molecular formula is C15H15FN2O2. The minimum atomic E-state index is -0.706. The number of carbonyl (C=O) groups is 1. The minimum absolute atomic E-state index is 0.00286. The van der Waals surface area contributed by atoms with Crippen molar-refractivity contribution in [3.8, 4) is 0 Å². The molecule has 2 N–H and O–H groups in total. The number of halogens is 1. The molecule has 0 aliphatic carbocycles. The van der Waals surface area contributed by atoms with Crippen LogP contribution in [0.2, 0.25) is 0 Å². The number of rotatable bonds is 5. The highest BCUT2D eigenvalue weighted by atomic mass is 19.1. The fraction of sp³-hybridized carbons (Fsp3) is 0.200. The maximum atomic E-state index is 12.9. The van der Waals surface area contributed by atoms with Crippen LogP contribution in [0.1, 0.15) is 16.1 Å². The molecule has 104 valence electrons. The molecule has 0 saturated carbocycles. The van der Waals surface area contributed by atoms with Crippen LogP contribution in [-0.4, -0.2) is 28.6 Å². The molecule has 0 spiro atoms. The predicted molar refractivity (Wildman–Crippen MR) is 72.7 cm³/mol. The number of aliphatic hydroxyl groups excluding tert-OH is 1. The van der Waals surface area contributed by atoms with Crippen molar-refractivity contribution >= 4 is 5.91 Å². The number of benzene rings is 1. The average Bonchev–Trinajstić information content (AvgIpc) is 2.46. The monoisotopic (exact) mass is 274 g/mol. The standard InChI is InChI=1S/C15H15FN2O2/c16-14-8-4-7-13(18-14)15(20)17-10-12(19)9-11-5-2-1-3-6-11/h1-8,12,19H,9-10H2,(H,17,20). The molecule has 2 rings (SSSR count). The van der Waals surface area contributed by atoms with Gasteiger partial charge in [0.15, 0.2) is 0 Å². The van der Waals surface area contributed by atoms with E-state index in [-0.39, 0.29) is 12.2 Å². The van der Waals surface area contributed by atoms with Gasteiger partial charge in [0.1, 0.15) is 5.69 Å². The van der Waals surface area contributed by atoms with Gasteiger partial charge in [-0.05, 0) is 17.7 Å². The molecule has 20 heavy (non-hydrogen) atoms. The van der Waals surface area contributed by atoms with E-state index in [9.17, 15) is 14.3 Å². The second-order valence-electron chi connectivity index (χ2n) is 4.40. The van der Waals surface area contributed by atoms with E-state index in [0.717, 1.165) is 5.56 Å². The number of pyridine rings is 1. The van der Waals surface area contributed by atoms with Gasteiger partial charge in [-0.1, -0.05) is 36.4 Å². The van der Waals surface area contributed by atoms with E-state index in [1.165, 1.54) is 18.2 Å². The van der Waals surface area contributed by atoms with Crippen LogP contribution in [0.5, 0.6) is 0 Å². The van der Waals surface area contributed by atoms with Crippen LogP contribution in [0.25, 0.3) is 0 Å². The fourth-order valence-corrected chi connectivity index (χ4v) is 1.79. The van der Waals surface area contributed by atoms with Crippen molar-refractivity contribution in [3.05, 3.63) is 65.7 Å². The number of aliphatic hydroxyl groups is 1. The van der Waals surface area contributed by atoms with Crippen LogP contribution in [0.3, 0.4) is 0 Å². The Morgan fingerprint density at radius 3 is 2.65 bits per heavy atom. The van der Waals surface area contributed by atoms with Crippen molar-refractivity contribution in [2.45, 2.75) is 12.5 Å². The molecule has 0 aliphatic heterocycles. The lowest BCUT2D eigenvalue weighted by Gasteiger charge is -2.11. The maximum absolute atomic E-state index is 12.9. The first-order chi connectivity index (χ1) is 9.65. The summed E-state index contributed by atoms with van der Waals surface area (Å²) in [4.78, 5) is 15.2.